The van der Waals surface area contributed by atoms with E-state index in [-0.39, 0.29) is 23.6 Å². The lowest BCUT2D eigenvalue weighted by atomic mass is 9.57. The summed E-state index contributed by atoms with van der Waals surface area (Å²) in [4.78, 5) is 45.9. The van der Waals surface area contributed by atoms with Crippen LogP contribution in [0.3, 0.4) is 0 Å². The molecular formula is C32H30ClN3O4. The van der Waals surface area contributed by atoms with E-state index in [4.69, 9.17) is 16.3 Å². The van der Waals surface area contributed by atoms with Crippen molar-refractivity contribution in [3.05, 3.63) is 87.9 Å². The quantitative estimate of drug-likeness (QED) is 0.409. The second-order valence-electron chi connectivity index (χ2n) is 11.2. The molecule has 0 aromatic heterocycles. The molecule has 0 bridgehead atoms. The monoisotopic (exact) mass is 555 g/mol. The van der Waals surface area contributed by atoms with Gasteiger partial charge in [0, 0.05) is 33.6 Å². The molecule has 4 heterocycles. The number of carbonyl (C=O) groups excluding carboxylic acids is 3. The Morgan fingerprint density at radius 2 is 1.82 bits per heavy atom. The molecule has 7 nitrogen and oxygen atoms in total. The molecule has 3 aromatic rings. The molecule has 40 heavy (non-hydrogen) atoms. The van der Waals surface area contributed by atoms with Crippen molar-refractivity contribution in [3.63, 3.8) is 0 Å². The van der Waals surface area contributed by atoms with Crippen molar-refractivity contribution in [1.82, 2.24) is 4.90 Å². The topological polar surface area (TPSA) is 87.7 Å². The lowest BCUT2D eigenvalue weighted by Gasteiger charge is -2.43. The Morgan fingerprint density at radius 3 is 2.60 bits per heavy atom. The van der Waals surface area contributed by atoms with Gasteiger partial charge in [0.1, 0.15) is 16.7 Å². The molecule has 3 aromatic carbocycles. The van der Waals surface area contributed by atoms with Crippen LogP contribution < -0.4 is 15.4 Å². The maximum atomic E-state index is 14.7. The lowest BCUT2D eigenvalue weighted by Crippen LogP contribution is -2.62. The number of nitrogens with zero attached hydrogens (tertiary/aromatic N) is 1. The van der Waals surface area contributed by atoms with Crippen LogP contribution in [-0.2, 0) is 20.5 Å². The van der Waals surface area contributed by atoms with Crippen molar-refractivity contribution in [3.8, 4) is 5.75 Å². The first-order valence-electron chi connectivity index (χ1n) is 13.9. The fourth-order valence-corrected chi connectivity index (χ4v) is 8.20. The van der Waals surface area contributed by atoms with Crippen molar-refractivity contribution in [2.75, 3.05) is 23.8 Å². The van der Waals surface area contributed by atoms with E-state index >= 15 is 0 Å². The Hall–Kier alpha value is -3.68. The number of hydrogen-bond donors (Lipinski definition) is 2. The molecule has 2 fully saturated rings. The van der Waals surface area contributed by atoms with Gasteiger partial charge in [0.05, 0.1) is 12.5 Å². The van der Waals surface area contributed by atoms with Crippen molar-refractivity contribution in [2.24, 2.45) is 5.92 Å². The number of halogens is 1. The SMILES string of the molecule is CCCOc1ccc(C(=O)C2C3CCCN3C3(C(=O)Nc4c(C)cc(Cl)cc43)C23C(=O)Nc2ccccc23)cc1. The van der Waals surface area contributed by atoms with Gasteiger partial charge in [0.2, 0.25) is 5.91 Å². The highest BCUT2D eigenvalue weighted by molar-refractivity contribution is 6.31. The number of nitrogens with one attached hydrogen (secondary N) is 2. The molecule has 0 radical (unpaired) electrons. The lowest BCUT2D eigenvalue weighted by molar-refractivity contribution is -0.137. The van der Waals surface area contributed by atoms with Crippen molar-refractivity contribution in [1.29, 1.82) is 0 Å². The average molecular weight is 556 g/mol. The van der Waals surface area contributed by atoms with E-state index in [1.54, 1.807) is 30.3 Å². The minimum Gasteiger partial charge on any atom is -0.494 e. The highest BCUT2D eigenvalue weighted by Crippen LogP contribution is 2.68. The average Bonchev–Trinajstić information content (AvgIpc) is 3.67. The fraction of sp³-hybridized carbons (Fsp3) is 0.344. The number of carbonyl (C=O) groups is 3. The van der Waals surface area contributed by atoms with E-state index in [0.717, 1.165) is 18.4 Å². The Kier molecular flexibility index (Phi) is 5.64. The van der Waals surface area contributed by atoms with Gasteiger partial charge in [0.25, 0.3) is 5.91 Å². The second-order valence-corrected chi connectivity index (χ2v) is 11.7. The van der Waals surface area contributed by atoms with Crippen LogP contribution in [0.2, 0.25) is 5.02 Å². The van der Waals surface area contributed by atoms with Crippen LogP contribution in [0.1, 0.15) is 53.2 Å². The number of amides is 2. The smallest absolute Gasteiger partial charge is 0.251 e. The summed E-state index contributed by atoms with van der Waals surface area (Å²) in [6.45, 7) is 5.12. The third-order valence-electron chi connectivity index (χ3n) is 9.26. The third-order valence-corrected chi connectivity index (χ3v) is 9.48. The van der Waals surface area contributed by atoms with E-state index in [0.29, 0.717) is 58.4 Å². The predicted octanol–water partition coefficient (Wildman–Crippen LogP) is 5.45. The summed E-state index contributed by atoms with van der Waals surface area (Å²) in [5.41, 5.74) is 1.04. The van der Waals surface area contributed by atoms with Gasteiger partial charge in [-0.05, 0) is 86.3 Å². The summed E-state index contributed by atoms with van der Waals surface area (Å²) in [6, 6.07) is 17.9. The van der Waals surface area contributed by atoms with E-state index in [1.807, 2.05) is 44.2 Å². The summed E-state index contributed by atoms with van der Waals surface area (Å²) >= 11 is 6.62. The number of fused-ring (bicyclic) bond motifs is 7. The molecule has 4 atom stereocenters. The van der Waals surface area contributed by atoms with Gasteiger partial charge in [-0.15, -0.1) is 0 Å². The first-order chi connectivity index (χ1) is 19.3. The maximum absolute atomic E-state index is 14.7. The van der Waals surface area contributed by atoms with Gasteiger partial charge in [-0.1, -0.05) is 36.7 Å². The van der Waals surface area contributed by atoms with E-state index in [2.05, 4.69) is 15.5 Å². The summed E-state index contributed by atoms with van der Waals surface area (Å²) < 4.78 is 5.74. The van der Waals surface area contributed by atoms with Gasteiger partial charge in [-0.2, -0.15) is 0 Å². The molecule has 2 spiro atoms. The van der Waals surface area contributed by atoms with Gasteiger partial charge < -0.3 is 15.4 Å². The normalized spacial score (nSPS) is 28.0. The number of hydrogen-bond acceptors (Lipinski definition) is 5. The Morgan fingerprint density at radius 1 is 1.05 bits per heavy atom. The highest BCUT2D eigenvalue weighted by Gasteiger charge is 2.81. The van der Waals surface area contributed by atoms with Crippen LogP contribution in [-0.4, -0.2) is 41.7 Å². The predicted molar refractivity (Wildman–Crippen MR) is 153 cm³/mol. The Bertz CT molecular complexity index is 1590. The largest absolute Gasteiger partial charge is 0.494 e. The van der Waals surface area contributed by atoms with E-state index in [1.165, 1.54) is 0 Å². The molecule has 4 unspecified atom stereocenters. The van der Waals surface area contributed by atoms with Crippen molar-refractivity contribution in [2.45, 2.75) is 50.1 Å². The third kappa shape index (κ3) is 3.02. The number of aryl methyl sites for hydroxylation is 1. The van der Waals surface area contributed by atoms with E-state index in [9.17, 15) is 14.4 Å². The molecule has 204 valence electrons. The minimum absolute atomic E-state index is 0.150. The molecule has 4 aliphatic rings. The summed E-state index contributed by atoms with van der Waals surface area (Å²) in [6.07, 6.45) is 2.41. The number of anilines is 2. The van der Waals surface area contributed by atoms with Crippen LogP contribution in [0.5, 0.6) is 5.75 Å². The molecule has 4 aliphatic heterocycles. The summed E-state index contributed by atoms with van der Waals surface area (Å²) in [7, 11) is 0. The molecule has 0 aliphatic carbocycles. The molecule has 7 rings (SSSR count). The molecular weight excluding hydrogens is 526 g/mol. The van der Waals surface area contributed by atoms with Crippen LogP contribution in [0.15, 0.2) is 60.7 Å². The summed E-state index contributed by atoms with van der Waals surface area (Å²) in [5, 5.41) is 6.68. The van der Waals surface area contributed by atoms with Gasteiger partial charge in [-0.25, -0.2) is 0 Å². The number of ether oxygens (including phenoxy) is 1. The Labute approximate surface area is 237 Å². The molecule has 2 amide bonds. The first kappa shape index (κ1) is 25.3. The van der Waals surface area contributed by atoms with E-state index < -0.39 is 16.9 Å². The number of rotatable bonds is 5. The molecule has 0 saturated carbocycles. The maximum Gasteiger partial charge on any atom is 0.251 e. The number of para-hydroxylation sites is 1. The zero-order valence-electron chi connectivity index (χ0n) is 22.4. The highest BCUT2D eigenvalue weighted by atomic mass is 35.5. The minimum atomic E-state index is -1.49. The van der Waals surface area contributed by atoms with Gasteiger partial charge >= 0.3 is 0 Å². The Balaban J connectivity index is 1.50. The molecule has 2 N–H and O–H groups in total. The zero-order valence-corrected chi connectivity index (χ0v) is 23.2. The summed E-state index contributed by atoms with van der Waals surface area (Å²) in [5.74, 6) is -0.869. The number of Topliss-reactive ketones (excluding diaryl/α,β-unsaturated/α-hetero) is 1. The number of benzene rings is 3. The van der Waals surface area contributed by atoms with Crippen molar-refractivity contribution >= 4 is 40.6 Å². The second kappa shape index (κ2) is 8.91. The van der Waals surface area contributed by atoms with Gasteiger partial charge in [0.15, 0.2) is 5.78 Å². The van der Waals surface area contributed by atoms with Crippen LogP contribution >= 0.6 is 11.6 Å². The first-order valence-corrected chi connectivity index (χ1v) is 14.3. The fourth-order valence-electron chi connectivity index (χ4n) is 7.93. The molecule has 2 saturated heterocycles. The number of ketones is 1. The van der Waals surface area contributed by atoms with Crippen LogP contribution in [0.4, 0.5) is 11.4 Å². The standard InChI is InChI=1S/C32H30ClN3O4/c1-3-15-40-21-12-10-19(11-13-21)28(37)26-25-9-6-14-36(25)32(23-17-20(33)16-18(2)27(23)35-30(32)39)31(26)22-7-4-5-8-24(22)34-29(31)38/h4-5,7-8,10-13,16-17,25-26H,3,6,9,14-15H2,1-2H3,(H,34,38)(H,35,39). The van der Waals surface area contributed by atoms with Crippen LogP contribution in [0.25, 0.3) is 0 Å². The van der Waals surface area contributed by atoms with Crippen molar-refractivity contribution < 1.29 is 19.1 Å². The molecule has 8 heteroatoms. The van der Waals surface area contributed by atoms with Crippen LogP contribution in [0, 0.1) is 12.8 Å². The zero-order chi connectivity index (χ0) is 27.8. The van der Waals surface area contributed by atoms with Gasteiger partial charge in [-0.3, -0.25) is 19.3 Å².